The first-order chi connectivity index (χ1) is 7.66. The van der Waals surface area contributed by atoms with Crippen LogP contribution in [0, 0.1) is 0 Å². The van der Waals surface area contributed by atoms with E-state index < -0.39 is 0 Å². The van der Waals surface area contributed by atoms with Crippen molar-refractivity contribution in [3.05, 3.63) is 39.3 Å². The first-order valence-corrected chi connectivity index (χ1v) is 6.28. The van der Waals surface area contributed by atoms with Crippen molar-refractivity contribution in [3.8, 4) is 0 Å². The molecule has 0 saturated carbocycles. The van der Waals surface area contributed by atoms with Crippen LogP contribution in [0.25, 0.3) is 0 Å². The highest BCUT2D eigenvalue weighted by Gasteiger charge is 2.11. The Labute approximate surface area is 107 Å². The number of nitrogens with one attached hydrogen (secondary N) is 1. The van der Waals surface area contributed by atoms with Gasteiger partial charge in [0, 0.05) is 10.0 Å². The summed E-state index contributed by atoms with van der Waals surface area (Å²) >= 11 is 13.4. The summed E-state index contributed by atoms with van der Waals surface area (Å²) in [6.07, 6.45) is 0. The van der Waals surface area contributed by atoms with Crippen LogP contribution >= 0.6 is 34.5 Å². The molecule has 0 bridgehead atoms. The van der Waals surface area contributed by atoms with Crippen molar-refractivity contribution >= 4 is 39.7 Å². The molecule has 0 aliphatic rings. The largest absolute Gasteiger partial charge is 0.354 e. The van der Waals surface area contributed by atoms with Gasteiger partial charge >= 0.3 is 0 Å². The molecule has 1 unspecified atom stereocenters. The lowest BCUT2D eigenvalue weighted by molar-refractivity contribution is 0.874. The third-order valence-corrected chi connectivity index (χ3v) is 3.31. The van der Waals surface area contributed by atoms with Crippen LogP contribution in [0.2, 0.25) is 10.0 Å². The molecule has 1 N–H and O–H groups in total. The second kappa shape index (κ2) is 4.99. The van der Waals surface area contributed by atoms with Crippen LogP contribution in [-0.2, 0) is 0 Å². The van der Waals surface area contributed by atoms with Crippen LogP contribution in [0.3, 0.4) is 0 Å². The van der Waals surface area contributed by atoms with Gasteiger partial charge in [0.2, 0.25) is 5.13 Å². The van der Waals surface area contributed by atoms with E-state index in [2.05, 4.69) is 15.5 Å². The SMILES string of the molecule is CC(Nc1nncs1)c1ccc(Cl)cc1Cl. The summed E-state index contributed by atoms with van der Waals surface area (Å²) in [7, 11) is 0. The van der Waals surface area contributed by atoms with Gasteiger partial charge < -0.3 is 5.32 Å². The summed E-state index contributed by atoms with van der Waals surface area (Å²) in [5, 5.41) is 13.0. The van der Waals surface area contributed by atoms with E-state index in [0.717, 1.165) is 10.7 Å². The number of rotatable bonds is 3. The molecule has 1 aromatic carbocycles. The van der Waals surface area contributed by atoms with E-state index in [-0.39, 0.29) is 6.04 Å². The molecule has 2 rings (SSSR count). The highest BCUT2D eigenvalue weighted by Crippen LogP contribution is 2.28. The molecule has 3 nitrogen and oxygen atoms in total. The van der Waals surface area contributed by atoms with Gasteiger partial charge in [-0.15, -0.1) is 10.2 Å². The summed E-state index contributed by atoms with van der Waals surface area (Å²) in [5.41, 5.74) is 2.67. The minimum atomic E-state index is 0.0673. The van der Waals surface area contributed by atoms with Gasteiger partial charge in [-0.05, 0) is 24.6 Å². The number of aromatic nitrogens is 2. The first kappa shape index (κ1) is 11.6. The molecular formula is C10H9Cl2N3S. The average Bonchev–Trinajstić information content (AvgIpc) is 2.70. The summed E-state index contributed by atoms with van der Waals surface area (Å²) < 4.78 is 0. The molecule has 0 aliphatic carbocycles. The predicted octanol–water partition coefficient (Wildman–Crippen LogP) is 4.02. The maximum atomic E-state index is 6.11. The zero-order chi connectivity index (χ0) is 11.5. The molecule has 1 atom stereocenters. The Morgan fingerprint density at radius 1 is 1.38 bits per heavy atom. The molecule has 0 aliphatic heterocycles. The minimum absolute atomic E-state index is 0.0673. The number of nitrogens with zero attached hydrogens (tertiary/aromatic N) is 2. The zero-order valence-corrected chi connectivity index (χ0v) is 10.8. The van der Waals surface area contributed by atoms with Crippen molar-refractivity contribution in [2.45, 2.75) is 13.0 Å². The van der Waals surface area contributed by atoms with Crippen LogP contribution in [0.1, 0.15) is 18.5 Å². The summed E-state index contributed by atoms with van der Waals surface area (Å²) in [4.78, 5) is 0. The standard InChI is InChI=1S/C10H9Cl2N3S/c1-6(14-10-15-13-5-16-10)8-3-2-7(11)4-9(8)12/h2-6H,1H3,(H,14,15). The Balaban J connectivity index is 2.17. The second-order valence-corrected chi connectivity index (χ2v) is 4.95. The quantitative estimate of drug-likeness (QED) is 0.918. The van der Waals surface area contributed by atoms with Crippen molar-refractivity contribution in [2.75, 3.05) is 5.32 Å². The van der Waals surface area contributed by atoms with Gasteiger partial charge in [0.05, 0.1) is 6.04 Å². The van der Waals surface area contributed by atoms with Gasteiger partial charge in [-0.1, -0.05) is 40.6 Å². The molecule has 0 spiro atoms. The molecule has 2 aromatic rings. The van der Waals surface area contributed by atoms with Crippen molar-refractivity contribution in [3.63, 3.8) is 0 Å². The lowest BCUT2D eigenvalue weighted by Gasteiger charge is -2.14. The maximum absolute atomic E-state index is 6.11. The molecule has 0 amide bonds. The Kier molecular flexibility index (Phi) is 3.63. The summed E-state index contributed by atoms with van der Waals surface area (Å²) in [6, 6.07) is 5.53. The number of benzene rings is 1. The normalized spacial score (nSPS) is 12.4. The van der Waals surface area contributed by atoms with Gasteiger partial charge in [0.15, 0.2) is 0 Å². The van der Waals surface area contributed by atoms with E-state index in [4.69, 9.17) is 23.2 Å². The molecule has 0 radical (unpaired) electrons. The van der Waals surface area contributed by atoms with Gasteiger partial charge in [0.1, 0.15) is 5.51 Å². The summed E-state index contributed by atoms with van der Waals surface area (Å²) in [6.45, 7) is 2.01. The molecule has 84 valence electrons. The molecule has 6 heteroatoms. The fraction of sp³-hybridized carbons (Fsp3) is 0.200. The third kappa shape index (κ3) is 2.64. The van der Waals surface area contributed by atoms with Crippen LogP contribution < -0.4 is 5.32 Å². The van der Waals surface area contributed by atoms with Gasteiger partial charge in [-0.3, -0.25) is 0 Å². The Hall–Kier alpha value is -0.840. The van der Waals surface area contributed by atoms with Crippen molar-refractivity contribution in [2.24, 2.45) is 0 Å². The second-order valence-electron chi connectivity index (χ2n) is 3.28. The molecule has 1 heterocycles. The molecular weight excluding hydrogens is 265 g/mol. The molecule has 1 aromatic heterocycles. The first-order valence-electron chi connectivity index (χ1n) is 4.64. The molecule has 0 saturated heterocycles. The van der Waals surface area contributed by atoms with E-state index in [0.29, 0.717) is 10.0 Å². The lowest BCUT2D eigenvalue weighted by Crippen LogP contribution is -2.06. The molecule has 16 heavy (non-hydrogen) atoms. The number of anilines is 1. The van der Waals surface area contributed by atoms with Crippen LogP contribution in [-0.4, -0.2) is 10.2 Å². The number of hydrogen-bond acceptors (Lipinski definition) is 4. The van der Waals surface area contributed by atoms with E-state index in [1.54, 1.807) is 11.6 Å². The van der Waals surface area contributed by atoms with Gasteiger partial charge in [-0.2, -0.15) is 0 Å². The smallest absolute Gasteiger partial charge is 0.205 e. The highest BCUT2D eigenvalue weighted by molar-refractivity contribution is 7.13. The fourth-order valence-corrected chi connectivity index (χ4v) is 2.46. The zero-order valence-electron chi connectivity index (χ0n) is 8.45. The van der Waals surface area contributed by atoms with Crippen LogP contribution in [0.15, 0.2) is 23.7 Å². The molecule has 0 fully saturated rings. The van der Waals surface area contributed by atoms with E-state index in [1.807, 2.05) is 19.1 Å². The van der Waals surface area contributed by atoms with Gasteiger partial charge in [0.25, 0.3) is 0 Å². The Bertz CT molecular complexity index is 473. The number of hydrogen-bond donors (Lipinski definition) is 1. The Morgan fingerprint density at radius 3 is 2.81 bits per heavy atom. The monoisotopic (exact) mass is 273 g/mol. The van der Waals surface area contributed by atoms with Crippen molar-refractivity contribution in [1.82, 2.24) is 10.2 Å². The lowest BCUT2D eigenvalue weighted by atomic mass is 10.1. The Morgan fingerprint density at radius 2 is 2.19 bits per heavy atom. The minimum Gasteiger partial charge on any atom is -0.354 e. The predicted molar refractivity (Wildman–Crippen MR) is 68.4 cm³/mol. The van der Waals surface area contributed by atoms with Gasteiger partial charge in [-0.25, -0.2) is 0 Å². The summed E-state index contributed by atoms with van der Waals surface area (Å²) in [5.74, 6) is 0. The average molecular weight is 274 g/mol. The van der Waals surface area contributed by atoms with Crippen molar-refractivity contribution < 1.29 is 0 Å². The van der Waals surface area contributed by atoms with Crippen molar-refractivity contribution in [1.29, 1.82) is 0 Å². The highest BCUT2D eigenvalue weighted by atomic mass is 35.5. The maximum Gasteiger partial charge on any atom is 0.205 e. The third-order valence-electron chi connectivity index (χ3n) is 2.13. The fourth-order valence-electron chi connectivity index (χ4n) is 1.35. The van der Waals surface area contributed by atoms with E-state index in [1.165, 1.54) is 11.3 Å². The van der Waals surface area contributed by atoms with E-state index >= 15 is 0 Å². The topological polar surface area (TPSA) is 37.8 Å². The van der Waals surface area contributed by atoms with E-state index in [9.17, 15) is 0 Å². The van der Waals surface area contributed by atoms with Crippen LogP contribution in [0.5, 0.6) is 0 Å². The number of halogens is 2. The van der Waals surface area contributed by atoms with Crippen LogP contribution in [0.4, 0.5) is 5.13 Å².